The van der Waals surface area contributed by atoms with E-state index in [0.29, 0.717) is 0 Å². The van der Waals surface area contributed by atoms with Gasteiger partial charge in [-0.1, -0.05) is 182 Å². The first kappa shape index (κ1) is 94.4. The highest BCUT2D eigenvalue weighted by Gasteiger charge is 2.08. The van der Waals surface area contributed by atoms with E-state index in [9.17, 15) is 0 Å². The number of piperidine rings is 1. The van der Waals surface area contributed by atoms with Gasteiger partial charge in [0, 0.05) is 90.9 Å². The van der Waals surface area contributed by atoms with Gasteiger partial charge < -0.3 is 43.6 Å². The Kier molecular flexibility index (Phi) is 96.2. The van der Waals surface area contributed by atoms with Crippen molar-refractivity contribution in [3.63, 3.8) is 0 Å². The molecule has 0 amide bonds. The summed E-state index contributed by atoms with van der Waals surface area (Å²) in [5.74, 6) is 0. The fraction of sp³-hybridized carbons (Fsp3) is 0.690. The van der Waals surface area contributed by atoms with Gasteiger partial charge in [-0.2, -0.15) is 0 Å². The van der Waals surface area contributed by atoms with Gasteiger partial charge in [-0.3, -0.25) is 4.98 Å². The van der Waals surface area contributed by atoms with Crippen LogP contribution in [0.3, 0.4) is 0 Å². The van der Waals surface area contributed by atoms with Crippen LogP contribution in [-0.2, 0) is 11.8 Å². The molecule has 0 bridgehead atoms. The van der Waals surface area contributed by atoms with Crippen LogP contribution < -0.4 is 4.90 Å². The summed E-state index contributed by atoms with van der Waals surface area (Å²) in [4.78, 5) is 23.6. The Bertz CT molecular complexity index is 1500. The molecular formula is C71H144N10O. The summed E-state index contributed by atoms with van der Waals surface area (Å²) in [7, 11) is 21.0. The number of ether oxygens (including phenoxy) is 1. The van der Waals surface area contributed by atoms with Crippen molar-refractivity contribution < 1.29 is 4.74 Å². The van der Waals surface area contributed by atoms with Gasteiger partial charge in [0.25, 0.3) is 0 Å². The van der Waals surface area contributed by atoms with Crippen LogP contribution in [0.4, 0.5) is 5.69 Å². The minimum atomic E-state index is 0.913. The summed E-state index contributed by atoms with van der Waals surface area (Å²) in [5, 5.41) is 0. The van der Waals surface area contributed by atoms with E-state index in [1.807, 2.05) is 136 Å². The lowest BCUT2D eigenvalue weighted by Gasteiger charge is -2.28. The Hall–Kier alpha value is -3.94. The van der Waals surface area contributed by atoms with Gasteiger partial charge in [0.1, 0.15) is 0 Å². The van der Waals surface area contributed by atoms with Crippen LogP contribution in [-0.4, -0.2) is 193 Å². The Morgan fingerprint density at radius 3 is 0.951 bits per heavy atom. The number of anilines is 1. The van der Waals surface area contributed by atoms with Crippen LogP contribution in [0.15, 0.2) is 117 Å². The average molecular weight is 1150 g/mol. The van der Waals surface area contributed by atoms with Crippen molar-refractivity contribution in [1.82, 2.24) is 43.9 Å². The standard InChI is InChI=1S/C8H11N.C7H8.C6H14N2.C6H7N.C6H13N.C5H11NO.C5H11N.C5H13N.C4H6N2.C4H10.2C3H8.C3H6.3C2H6/c1-9(2)8-6-4-3-5-7-8;1-7-5-3-2-4-6-7;1-7-3-5-8(2)6-4-7;1-6-2-4-7-5-3-6;1-7-5-3-2-4-6-7;1-6-2-4-7-5-3-6;1-6-4-2-3-5-6;1-4-5-6(2)3;1-6-3-2-5-4-6;1-3-4-2;3*1-3-2;3*1-2/h3-7H,1-2H3;2-6H,1H3;3-6H2,1-2H3;2-5H,1H3;2-6H2,1H3;2-5H2,1H3;2-5H2,1H3;4-5H2,1-3H3;2-4H,1H3;3-4H2,1-2H3;2*3H2,1-2H3;3H,1H2,2H3;3*1-2H3. The van der Waals surface area contributed by atoms with Gasteiger partial charge in [0.05, 0.1) is 19.5 Å². The van der Waals surface area contributed by atoms with Crippen LogP contribution in [0.2, 0.25) is 0 Å². The van der Waals surface area contributed by atoms with Crippen molar-refractivity contribution in [1.29, 1.82) is 0 Å². The number of pyridine rings is 1. The maximum absolute atomic E-state index is 5.10. The molecule has 0 radical (unpaired) electrons. The lowest BCUT2D eigenvalue weighted by atomic mass is 10.1. The normalized spacial score (nSPS) is 13.8. The minimum Gasteiger partial charge on any atom is -0.379 e. The molecule has 0 atom stereocenters. The Morgan fingerprint density at radius 1 is 0.463 bits per heavy atom. The van der Waals surface area contributed by atoms with E-state index in [4.69, 9.17) is 4.74 Å². The van der Waals surface area contributed by atoms with Crippen molar-refractivity contribution in [3.8, 4) is 0 Å². The molecule has 4 aliphatic rings. The van der Waals surface area contributed by atoms with Crippen molar-refractivity contribution in [2.75, 3.05) is 154 Å². The van der Waals surface area contributed by atoms with Crippen molar-refractivity contribution in [3.05, 3.63) is 128 Å². The highest BCUT2D eigenvalue weighted by Crippen LogP contribution is 2.07. The highest BCUT2D eigenvalue weighted by molar-refractivity contribution is 5.43. The molecule has 4 saturated heterocycles. The Labute approximate surface area is 515 Å². The lowest BCUT2D eigenvalue weighted by Crippen LogP contribution is -2.42. The number of morpholine rings is 1. The average Bonchev–Trinajstić information content (AvgIpc) is 4.19. The van der Waals surface area contributed by atoms with E-state index < -0.39 is 0 Å². The molecule has 0 aliphatic carbocycles. The topological polar surface area (TPSA) is 62.6 Å². The van der Waals surface area contributed by atoms with Gasteiger partial charge in [0.15, 0.2) is 0 Å². The van der Waals surface area contributed by atoms with Crippen LogP contribution in [0.5, 0.6) is 0 Å². The summed E-state index contributed by atoms with van der Waals surface area (Å²) >= 11 is 0. The molecule has 82 heavy (non-hydrogen) atoms. The van der Waals surface area contributed by atoms with Crippen molar-refractivity contribution in [2.45, 2.75) is 175 Å². The SMILES string of the molecule is C=CC.CC.CC.CC.CCC.CCC.CCCC.CCCN(C)C.CN(C)c1ccccc1.CN1CCCC1.CN1CCCCC1.CN1CCN(C)CC1.CN1CCOCC1.Cc1ccccc1.Cc1ccncc1.Cn1ccnc1. The molecule has 0 saturated carbocycles. The second-order valence-electron chi connectivity index (χ2n) is 20.2. The van der Waals surface area contributed by atoms with Gasteiger partial charge in [-0.15, -0.1) is 6.58 Å². The number of piperazine rings is 1. The second-order valence-corrected chi connectivity index (χ2v) is 20.2. The zero-order valence-corrected chi connectivity index (χ0v) is 59.7. The van der Waals surface area contributed by atoms with Gasteiger partial charge in [-0.05, 0) is 165 Å². The predicted octanol–water partition coefficient (Wildman–Crippen LogP) is 17.1. The fourth-order valence-electron chi connectivity index (χ4n) is 5.95. The molecule has 4 aromatic rings. The Morgan fingerprint density at radius 2 is 0.793 bits per heavy atom. The van der Waals surface area contributed by atoms with E-state index in [0.717, 1.165) is 26.3 Å². The first-order valence-electron chi connectivity index (χ1n) is 32.1. The number of hydrogen-bond donors (Lipinski definition) is 0. The summed E-state index contributed by atoms with van der Waals surface area (Å²) < 4.78 is 6.99. The Balaban J connectivity index is -0.000000121. The first-order valence-corrected chi connectivity index (χ1v) is 32.1. The molecule has 0 unspecified atom stereocenters. The number of aromatic nitrogens is 3. The van der Waals surface area contributed by atoms with E-state index in [1.165, 1.54) is 140 Å². The quantitative estimate of drug-likeness (QED) is 0.185. The summed E-state index contributed by atoms with van der Waals surface area (Å²) in [5.41, 5.74) is 3.83. The molecule has 6 heterocycles. The largest absolute Gasteiger partial charge is 0.379 e. The van der Waals surface area contributed by atoms with Crippen LogP contribution >= 0.6 is 0 Å². The van der Waals surface area contributed by atoms with Gasteiger partial charge >= 0.3 is 0 Å². The molecule has 4 fully saturated rings. The van der Waals surface area contributed by atoms with Crippen LogP contribution in [0.25, 0.3) is 0 Å². The number of rotatable bonds is 4. The monoisotopic (exact) mass is 1150 g/mol. The number of nitrogens with zero attached hydrogens (tertiary/aromatic N) is 10. The third-order valence-corrected chi connectivity index (χ3v) is 10.7. The molecule has 484 valence electrons. The van der Waals surface area contributed by atoms with E-state index in [2.05, 4.69) is 180 Å². The summed E-state index contributed by atoms with van der Waals surface area (Å²) in [6.45, 7) is 51.9. The van der Waals surface area contributed by atoms with E-state index in [-0.39, 0.29) is 0 Å². The van der Waals surface area contributed by atoms with Crippen LogP contribution in [0, 0.1) is 13.8 Å². The predicted molar refractivity (Wildman–Crippen MR) is 377 cm³/mol. The number of allylic oxidation sites excluding steroid dienone is 1. The zero-order chi connectivity index (χ0) is 64.5. The number of likely N-dealkylation sites (N-methyl/N-ethyl adjacent to an activating group) is 3. The van der Waals surface area contributed by atoms with Crippen LogP contribution in [0.1, 0.15) is 172 Å². The van der Waals surface area contributed by atoms with Crippen molar-refractivity contribution >= 4 is 5.69 Å². The third-order valence-electron chi connectivity index (χ3n) is 10.7. The summed E-state index contributed by atoms with van der Waals surface area (Å²) in [6, 6.07) is 24.5. The number of benzene rings is 2. The third kappa shape index (κ3) is 92.5. The molecule has 4 aliphatic heterocycles. The molecule has 2 aromatic carbocycles. The zero-order valence-electron chi connectivity index (χ0n) is 59.7. The fourth-order valence-corrected chi connectivity index (χ4v) is 5.95. The van der Waals surface area contributed by atoms with Gasteiger partial charge in [-0.25, -0.2) is 4.98 Å². The molecule has 8 rings (SSSR count). The molecule has 0 N–H and O–H groups in total. The van der Waals surface area contributed by atoms with E-state index in [1.54, 1.807) is 31.0 Å². The second kappa shape index (κ2) is 83.5. The molecule has 2 aromatic heterocycles. The molecule has 0 spiro atoms. The molecular weight excluding hydrogens is 1010 g/mol. The number of imidazole rings is 1. The molecule has 11 heteroatoms. The minimum absolute atomic E-state index is 0.913. The van der Waals surface area contributed by atoms with E-state index >= 15 is 0 Å². The van der Waals surface area contributed by atoms with Gasteiger partial charge in [0.2, 0.25) is 0 Å². The van der Waals surface area contributed by atoms with Crippen molar-refractivity contribution in [2.24, 2.45) is 7.05 Å². The summed E-state index contributed by atoms with van der Waals surface area (Å²) in [6.07, 6.45) is 24.2. The number of likely N-dealkylation sites (tertiary alicyclic amines) is 2. The first-order chi connectivity index (χ1) is 39.4. The molecule has 11 nitrogen and oxygen atoms in total. The lowest BCUT2D eigenvalue weighted by molar-refractivity contribution is 0.0503. The highest BCUT2D eigenvalue weighted by atomic mass is 16.5. The maximum atomic E-state index is 5.10. The number of hydrogen-bond acceptors (Lipinski definition) is 10. The number of aryl methyl sites for hydroxylation is 3. The number of unbranched alkanes of at least 4 members (excludes halogenated alkanes) is 1. The maximum Gasteiger partial charge on any atom is 0.0943 e. The number of para-hydroxylation sites is 1. The smallest absolute Gasteiger partial charge is 0.0943 e.